The minimum absolute atomic E-state index is 0. The Morgan fingerprint density at radius 1 is 1.05 bits per heavy atom. The van der Waals surface area contributed by atoms with E-state index in [-0.39, 0.29) is 35.3 Å². The summed E-state index contributed by atoms with van der Waals surface area (Å²) in [6.07, 6.45) is 4.46. The maximum Gasteiger partial charge on any atom is 1.00 e. The summed E-state index contributed by atoms with van der Waals surface area (Å²) in [7, 11) is -4.47. The molecule has 0 aromatic heterocycles. The number of unbranched alkanes of at least 4 members (excludes halogenated alkanes) is 3. The van der Waals surface area contributed by atoms with E-state index in [1.165, 1.54) is 0 Å². The molecule has 0 saturated carbocycles. The molecule has 19 heavy (non-hydrogen) atoms. The monoisotopic (exact) mass is 297 g/mol. The van der Waals surface area contributed by atoms with E-state index in [9.17, 15) is 18.6 Å². The fourth-order valence-electron chi connectivity index (χ4n) is 1.75. The van der Waals surface area contributed by atoms with E-state index in [0.717, 1.165) is 37.8 Å². The van der Waals surface area contributed by atoms with E-state index in [2.05, 4.69) is 6.92 Å². The van der Waals surface area contributed by atoms with Gasteiger partial charge in [-0.15, -0.1) is 0 Å². The molecule has 3 N–H and O–H groups in total. The molecule has 0 bridgehead atoms. The zero-order valence-electron chi connectivity index (χ0n) is 11.3. The van der Waals surface area contributed by atoms with Crippen LogP contribution in [0, 0.1) is 0 Å². The third-order valence-corrected chi connectivity index (χ3v) is 3.62. The van der Waals surface area contributed by atoms with E-state index in [4.69, 9.17) is 4.55 Å². The van der Waals surface area contributed by atoms with Crippen molar-refractivity contribution >= 4 is 10.1 Å². The molecule has 7 heteroatoms. The second-order valence-electron chi connectivity index (χ2n) is 4.23. The maximum atomic E-state index is 11.0. The normalized spacial score (nSPS) is 11.1. The molecule has 0 aliphatic carbocycles. The number of rotatable bonds is 6. The van der Waals surface area contributed by atoms with Crippen LogP contribution in [0.15, 0.2) is 17.0 Å². The molecule has 102 valence electrons. The molecule has 0 amide bonds. The first-order valence-corrected chi connectivity index (χ1v) is 7.32. The predicted molar refractivity (Wildman–Crippen MR) is 67.4 cm³/mol. The molecule has 0 atom stereocenters. The molecule has 0 heterocycles. The SMILES string of the molecule is CCCCCCc1cc(S(=O)(=O)O)c(O)cc1O.[Na+]. The number of aromatic hydroxyl groups is 2. The second-order valence-corrected chi connectivity index (χ2v) is 5.62. The van der Waals surface area contributed by atoms with Gasteiger partial charge in [-0.3, -0.25) is 4.55 Å². The molecule has 0 aliphatic rings. The summed E-state index contributed by atoms with van der Waals surface area (Å²) in [4.78, 5) is -0.564. The molecule has 0 radical (unpaired) electrons. The average molecular weight is 297 g/mol. The fourth-order valence-corrected chi connectivity index (χ4v) is 2.36. The van der Waals surface area contributed by atoms with Crippen LogP contribution < -0.4 is 29.6 Å². The predicted octanol–water partition coefficient (Wildman–Crippen LogP) is -0.529. The first-order chi connectivity index (χ1) is 8.36. The van der Waals surface area contributed by atoms with Crippen LogP contribution in [0.3, 0.4) is 0 Å². The second kappa shape index (κ2) is 8.11. The van der Waals surface area contributed by atoms with Crippen LogP contribution in [-0.4, -0.2) is 23.2 Å². The van der Waals surface area contributed by atoms with E-state index < -0.39 is 20.8 Å². The van der Waals surface area contributed by atoms with Crippen LogP contribution in [0.5, 0.6) is 11.5 Å². The van der Waals surface area contributed by atoms with Gasteiger partial charge in [0.25, 0.3) is 10.1 Å². The van der Waals surface area contributed by atoms with Crippen molar-refractivity contribution in [3.8, 4) is 11.5 Å². The van der Waals surface area contributed by atoms with Gasteiger partial charge < -0.3 is 10.2 Å². The maximum absolute atomic E-state index is 11.0. The van der Waals surface area contributed by atoms with Crippen molar-refractivity contribution in [2.75, 3.05) is 0 Å². The fraction of sp³-hybridized carbons (Fsp3) is 0.500. The van der Waals surface area contributed by atoms with Crippen molar-refractivity contribution in [2.45, 2.75) is 43.9 Å². The number of phenolic OH excluding ortho intramolecular Hbond substituents is 2. The van der Waals surface area contributed by atoms with Gasteiger partial charge in [0.05, 0.1) is 0 Å². The van der Waals surface area contributed by atoms with Gasteiger partial charge in [-0.25, -0.2) is 0 Å². The molecule has 1 aromatic rings. The standard InChI is InChI=1S/C12H18O5S.Na/c1-2-3-4-5-6-9-7-12(18(15,16)17)11(14)8-10(9)13;/h7-8,13-14H,2-6H2,1H3,(H,15,16,17);/q;+1. The number of aryl methyl sites for hydroxylation is 1. The molecule has 1 aromatic carbocycles. The van der Waals surface area contributed by atoms with Gasteiger partial charge in [0.2, 0.25) is 0 Å². The Labute approximate surface area is 135 Å². The molecule has 0 aliphatic heterocycles. The summed E-state index contributed by atoms with van der Waals surface area (Å²) in [6.45, 7) is 2.08. The molecule has 0 unspecified atom stereocenters. The molecule has 5 nitrogen and oxygen atoms in total. The Kier molecular flexibility index (Phi) is 8.00. The van der Waals surface area contributed by atoms with Crippen LogP contribution in [0.25, 0.3) is 0 Å². The van der Waals surface area contributed by atoms with Gasteiger partial charge in [-0.1, -0.05) is 26.2 Å². The van der Waals surface area contributed by atoms with E-state index in [1.54, 1.807) is 0 Å². The Bertz CT molecular complexity index is 513. The minimum atomic E-state index is -4.47. The molecular formula is C12H18NaO5S+. The van der Waals surface area contributed by atoms with Gasteiger partial charge in [-0.05, 0) is 24.5 Å². The Hall–Kier alpha value is -0.270. The first-order valence-electron chi connectivity index (χ1n) is 5.88. The van der Waals surface area contributed by atoms with Crippen LogP contribution in [0.2, 0.25) is 0 Å². The largest absolute Gasteiger partial charge is 1.00 e. The smallest absolute Gasteiger partial charge is 0.508 e. The van der Waals surface area contributed by atoms with Crippen molar-refractivity contribution in [1.29, 1.82) is 0 Å². The number of phenols is 2. The van der Waals surface area contributed by atoms with Crippen LogP contribution in [0.1, 0.15) is 38.2 Å². The van der Waals surface area contributed by atoms with Gasteiger partial charge in [0.1, 0.15) is 16.4 Å². The topological polar surface area (TPSA) is 94.8 Å². The average Bonchev–Trinajstić information content (AvgIpc) is 2.25. The van der Waals surface area contributed by atoms with Gasteiger partial charge in [0.15, 0.2) is 0 Å². The zero-order valence-corrected chi connectivity index (χ0v) is 14.1. The van der Waals surface area contributed by atoms with E-state index in [0.29, 0.717) is 12.0 Å². The molecular weight excluding hydrogens is 279 g/mol. The number of hydrogen-bond acceptors (Lipinski definition) is 4. The summed E-state index contributed by atoms with van der Waals surface area (Å²) in [5.74, 6) is -0.802. The minimum Gasteiger partial charge on any atom is -0.508 e. The Balaban J connectivity index is 0.00000324. The summed E-state index contributed by atoms with van der Waals surface area (Å²) < 4.78 is 30.9. The quantitative estimate of drug-likeness (QED) is 0.373. The Morgan fingerprint density at radius 3 is 2.21 bits per heavy atom. The molecule has 1 rings (SSSR count). The van der Waals surface area contributed by atoms with Gasteiger partial charge in [-0.2, -0.15) is 8.42 Å². The zero-order chi connectivity index (χ0) is 13.8. The first kappa shape index (κ1) is 18.7. The third kappa shape index (κ3) is 5.71. The van der Waals surface area contributed by atoms with Gasteiger partial charge >= 0.3 is 29.6 Å². The van der Waals surface area contributed by atoms with Crippen molar-refractivity contribution in [1.82, 2.24) is 0 Å². The van der Waals surface area contributed by atoms with Crippen molar-refractivity contribution in [2.24, 2.45) is 0 Å². The molecule has 0 spiro atoms. The van der Waals surface area contributed by atoms with Crippen molar-refractivity contribution in [3.05, 3.63) is 17.7 Å². The van der Waals surface area contributed by atoms with Crippen molar-refractivity contribution < 1.29 is 52.7 Å². The van der Waals surface area contributed by atoms with Crippen LogP contribution >= 0.6 is 0 Å². The Morgan fingerprint density at radius 2 is 1.68 bits per heavy atom. The van der Waals surface area contributed by atoms with Crippen LogP contribution in [-0.2, 0) is 16.5 Å². The van der Waals surface area contributed by atoms with E-state index in [1.807, 2.05) is 0 Å². The third-order valence-electron chi connectivity index (χ3n) is 2.74. The summed E-state index contributed by atoms with van der Waals surface area (Å²) in [5.41, 5.74) is 0.413. The summed E-state index contributed by atoms with van der Waals surface area (Å²) in [6, 6.07) is 2.06. The molecule has 0 fully saturated rings. The summed E-state index contributed by atoms with van der Waals surface area (Å²) in [5, 5.41) is 19.0. The van der Waals surface area contributed by atoms with Crippen LogP contribution in [0.4, 0.5) is 0 Å². The number of hydrogen-bond donors (Lipinski definition) is 3. The number of benzene rings is 1. The molecule has 0 saturated heterocycles. The van der Waals surface area contributed by atoms with E-state index >= 15 is 0 Å². The summed E-state index contributed by atoms with van der Waals surface area (Å²) >= 11 is 0. The van der Waals surface area contributed by atoms with Crippen molar-refractivity contribution in [3.63, 3.8) is 0 Å². The van der Waals surface area contributed by atoms with Gasteiger partial charge in [0, 0.05) is 6.07 Å².